The Bertz CT molecular complexity index is 920. The van der Waals surface area contributed by atoms with Crippen LogP contribution in [0.25, 0.3) is 4.96 Å². The lowest BCUT2D eigenvalue weighted by molar-refractivity contribution is -0.126. The van der Waals surface area contributed by atoms with Crippen LogP contribution in [0.5, 0.6) is 0 Å². The number of carbonyl (C=O) groups is 2. The molecule has 3 aromatic rings. The summed E-state index contributed by atoms with van der Waals surface area (Å²) >= 11 is 1.51. The lowest BCUT2D eigenvalue weighted by Gasteiger charge is -2.24. The van der Waals surface area contributed by atoms with Crippen molar-refractivity contribution in [2.24, 2.45) is 0 Å². The monoisotopic (exact) mass is 344 g/mol. The molecule has 6 nitrogen and oxygen atoms in total. The second kappa shape index (κ2) is 5.72. The molecule has 3 heterocycles. The fourth-order valence-electron chi connectivity index (χ4n) is 2.83. The van der Waals surface area contributed by atoms with Crippen molar-refractivity contribution >= 4 is 33.8 Å². The zero-order valence-electron chi connectivity index (χ0n) is 12.5. The van der Waals surface area contributed by atoms with Gasteiger partial charge in [-0.2, -0.15) is 0 Å². The second-order valence-corrected chi connectivity index (χ2v) is 6.45. The number of nitrogens with zero attached hydrogens (tertiary/aromatic N) is 2. The number of thiazole rings is 1. The molecule has 0 radical (unpaired) electrons. The van der Waals surface area contributed by atoms with Crippen LogP contribution in [0.2, 0.25) is 0 Å². The summed E-state index contributed by atoms with van der Waals surface area (Å²) in [7, 11) is 0. The molecular weight excluding hydrogens is 331 g/mol. The van der Waals surface area contributed by atoms with Gasteiger partial charge in [0.05, 0.1) is 18.2 Å². The predicted octanol–water partition coefficient (Wildman–Crippen LogP) is 2.28. The minimum Gasteiger partial charge on any atom is -0.350 e. The first kappa shape index (κ1) is 14.8. The molecular formula is C16H13FN4O2S. The Morgan fingerprint density at radius 2 is 2.38 bits per heavy atom. The van der Waals surface area contributed by atoms with Gasteiger partial charge in [0.15, 0.2) is 4.96 Å². The van der Waals surface area contributed by atoms with Crippen LogP contribution in [0.4, 0.5) is 10.1 Å². The Balaban J connectivity index is 1.52. The summed E-state index contributed by atoms with van der Waals surface area (Å²) in [6.45, 7) is 0.260. The quantitative estimate of drug-likeness (QED) is 0.765. The summed E-state index contributed by atoms with van der Waals surface area (Å²) in [5, 5.41) is 7.38. The van der Waals surface area contributed by atoms with E-state index in [1.54, 1.807) is 0 Å². The number of hydrogen-bond donors (Lipinski definition) is 2. The maximum atomic E-state index is 13.5. The summed E-state index contributed by atoms with van der Waals surface area (Å²) in [6, 6.07) is 4.04. The number of carbonyl (C=O) groups excluding carboxylic acids is 2. The van der Waals surface area contributed by atoms with Gasteiger partial charge in [-0.3, -0.25) is 14.0 Å². The van der Waals surface area contributed by atoms with E-state index < -0.39 is 11.7 Å². The minimum atomic E-state index is -0.701. The smallest absolute Gasteiger partial charge is 0.228 e. The number of imidazole rings is 1. The zero-order valence-corrected chi connectivity index (χ0v) is 13.3. The Labute approximate surface area is 140 Å². The van der Waals surface area contributed by atoms with Gasteiger partial charge in [-0.25, -0.2) is 9.37 Å². The summed E-state index contributed by atoms with van der Waals surface area (Å²) in [4.78, 5) is 29.5. The molecule has 0 bridgehead atoms. The molecule has 1 aromatic carbocycles. The van der Waals surface area contributed by atoms with E-state index in [4.69, 9.17) is 0 Å². The molecule has 0 saturated heterocycles. The lowest BCUT2D eigenvalue weighted by Crippen LogP contribution is -2.34. The standard InChI is InChI=1S/C16H13FN4O2S/c17-9-1-2-13-11(5-9)12(6-14(22)20-13)15(23)18-7-10-8-21-3-4-24-16(21)19-10/h1-5,8,12H,6-7H2,(H,18,23)(H,20,22)/t12-/m0/s1. The zero-order chi connectivity index (χ0) is 16.7. The third-order valence-electron chi connectivity index (χ3n) is 3.96. The lowest BCUT2D eigenvalue weighted by atomic mass is 9.89. The first-order valence-electron chi connectivity index (χ1n) is 7.38. The molecule has 0 saturated carbocycles. The highest BCUT2D eigenvalue weighted by Crippen LogP contribution is 2.32. The fraction of sp³-hybridized carbons (Fsp3) is 0.188. The summed E-state index contributed by atoms with van der Waals surface area (Å²) in [5.41, 5.74) is 1.71. The Hall–Kier alpha value is -2.74. The molecule has 2 amide bonds. The van der Waals surface area contributed by atoms with Crippen molar-refractivity contribution in [1.29, 1.82) is 0 Å². The van der Waals surface area contributed by atoms with Gasteiger partial charge in [0.1, 0.15) is 5.82 Å². The molecule has 1 atom stereocenters. The summed E-state index contributed by atoms with van der Waals surface area (Å²) < 4.78 is 15.4. The topological polar surface area (TPSA) is 75.5 Å². The van der Waals surface area contributed by atoms with Crippen LogP contribution in [0.15, 0.2) is 36.0 Å². The highest BCUT2D eigenvalue weighted by atomic mass is 32.1. The van der Waals surface area contributed by atoms with Gasteiger partial charge in [-0.05, 0) is 23.8 Å². The Morgan fingerprint density at radius 3 is 3.21 bits per heavy atom. The van der Waals surface area contributed by atoms with E-state index in [1.165, 1.54) is 29.5 Å². The number of aromatic nitrogens is 2. The van der Waals surface area contributed by atoms with E-state index in [9.17, 15) is 14.0 Å². The maximum Gasteiger partial charge on any atom is 0.228 e. The molecule has 24 heavy (non-hydrogen) atoms. The van der Waals surface area contributed by atoms with Gasteiger partial charge >= 0.3 is 0 Å². The predicted molar refractivity (Wildman–Crippen MR) is 87.3 cm³/mol. The third-order valence-corrected chi connectivity index (χ3v) is 4.73. The molecule has 1 aliphatic rings. The second-order valence-electron chi connectivity index (χ2n) is 5.58. The first-order chi connectivity index (χ1) is 11.6. The van der Waals surface area contributed by atoms with Gasteiger partial charge in [-0.1, -0.05) is 0 Å². The van der Waals surface area contributed by atoms with Crippen molar-refractivity contribution in [3.8, 4) is 0 Å². The number of amides is 2. The molecule has 2 N–H and O–H groups in total. The van der Waals surface area contributed by atoms with Crippen molar-refractivity contribution < 1.29 is 14.0 Å². The normalized spacial score (nSPS) is 16.7. The first-order valence-corrected chi connectivity index (χ1v) is 8.26. The number of halogens is 1. The van der Waals surface area contributed by atoms with Crippen molar-refractivity contribution in [2.75, 3.05) is 5.32 Å². The highest BCUT2D eigenvalue weighted by molar-refractivity contribution is 7.15. The van der Waals surface area contributed by atoms with Crippen LogP contribution in [0, 0.1) is 5.82 Å². The van der Waals surface area contributed by atoms with Gasteiger partial charge < -0.3 is 10.6 Å². The molecule has 0 aliphatic carbocycles. The van der Waals surface area contributed by atoms with Crippen LogP contribution < -0.4 is 10.6 Å². The fourth-order valence-corrected chi connectivity index (χ4v) is 3.55. The minimum absolute atomic E-state index is 0.000562. The van der Waals surface area contributed by atoms with Crippen molar-refractivity contribution in [3.63, 3.8) is 0 Å². The molecule has 0 unspecified atom stereocenters. The molecule has 1 aliphatic heterocycles. The summed E-state index contributed by atoms with van der Waals surface area (Å²) in [5.74, 6) is -1.70. The molecule has 0 spiro atoms. The number of nitrogens with one attached hydrogen (secondary N) is 2. The van der Waals surface area contributed by atoms with Crippen LogP contribution in [-0.4, -0.2) is 21.2 Å². The molecule has 8 heteroatoms. The molecule has 4 rings (SSSR count). The number of anilines is 1. The van der Waals surface area contributed by atoms with E-state index in [1.807, 2.05) is 22.2 Å². The van der Waals surface area contributed by atoms with Gasteiger partial charge in [0, 0.05) is 29.9 Å². The van der Waals surface area contributed by atoms with E-state index in [0.29, 0.717) is 11.3 Å². The van der Waals surface area contributed by atoms with Crippen LogP contribution in [0.1, 0.15) is 23.6 Å². The third kappa shape index (κ3) is 2.65. The van der Waals surface area contributed by atoms with Gasteiger partial charge in [0.2, 0.25) is 11.8 Å². The van der Waals surface area contributed by atoms with Crippen molar-refractivity contribution in [2.45, 2.75) is 18.9 Å². The largest absolute Gasteiger partial charge is 0.350 e. The van der Waals surface area contributed by atoms with Crippen molar-refractivity contribution in [1.82, 2.24) is 14.7 Å². The number of hydrogen-bond acceptors (Lipinski definition) is 4. The van der Waals surface area contributed by atoms with Gasteiger partial charge in [0.25, 0.3) is 0 Å². The average molecular weight is 344 g/mol. The van der Waals surface area contributed by atoms with Crippen LogP contribution in [-0.2, 0) is 16.1 Å². The van der Waals surface area contributed by atoms with Crippen molar-refractivity contribution in [3.05, 3.63) is 53.0 Å². The van der Waals surface area contributed by atoms with Crippen LogP contribution in [0.3, 0.4) is 0 Å². The van der Waals surface area contributed by atoms with Crippen LogP contribution >= 0.6 is 11.3 Å². The SMILES string of the molecule is O=C1C[C@H](C(=O)NCc2cn3ccsc3n2)c2cc(F)ccc2N1. The highest BCUT2D eigenvalue weighted by Gasteiger charge is 2.31. The summed E-state index contributed by atoms with van der Waals surface area (Å²) in [6.07, 6.45) is 3.73. The molecule has 122 valence electrons. The van der Waals surface area contributed by atoms with Gasteiger partial charge in [-0.15, -0.1) is 11.3 Å². The van der Waals surface area contributed by atoms with E-state index in [0.717, 1.165) is 10.7 Å². The number of benzene rings is 1. The van der Waals surface area contributed by atoms with E-state index in [-0.39, 0.29) is 24.8 Å². The maximum absolute atomic E-state index is 13.5. The molecule has 2 aromatic heterocycles. The Kier molecular flexibility index (Phi) is 3.53. The number of fused-ring (bicyclic) bond motifs is 2. The number of rotatable bonds is 3. The average Bonchev–Trinajstić information content (AvgIpc) is 3.13. The Morgan fingerprint density at radius 1 is 1.50 bits per heavy atom. The van der Waals surface area contributed by atoms with E-state index in [2.05, 4.69) is 15.6 Å². The van der Waals surface area contributed by atoms with E-state index >= 15 is 0 Å². The molecule has 0 fully saturated rings.